The second kappa shape index (κ2) is 4.00. The summed E-state index contributed by atoms with van der Waals surface area (Å²) in [6.45, 7) is -2.87. The summed E-state index contributed by atoms with van der Waals surface area (Å²) in [5.41, 5.74) is 0. The van der Waals surface area contributed by atoms with E-state index < -0.39 is 6.61 Å². The quantitative estimate of drug-likeness (QED) is 0.813. The number of ether oxygens (including phenoxy) is 1. The first-order valence-corrected chi connectivity index (χ1v) is 4.02. The highest BCUT2D eigenvalue weighted by atomic mass is 79.9. The van der Waals surface area contributed by atoms with E-state index in [1.165, 1.54) is 12.3 Å². The minimum absolute atomic E-state index is 0.165. The molecule has 1 rings (SSSR count). The maximum Gasteiger partial charge on any atom is 0.388 e. The molecule has 0 saturated carbocycles. The van der Waals surface area contributed by atoms with Crippen LogP contribution in [0.3, 0.4) is 0 Å². The normalized spacial score (nSPS) is 10.4. The average molecular weight is 258 g/mol. The van der Waals surface area contributed by atoms with Crippen LogP contribution in [0.5, 0.6) is 5.88 Å². The van der Waals surface area contributed by atoms with Gasteiger partial charge in [-0.1, -0.05) is 11.6 Å². The van der Waals surface area contributed by atoms with Crippen LogP contribution in [0.2, 0.25) is 5.02 Å². The van der Waals surface area contributed by atoms with Crippen molar-refractivity contribution in [3.63, 3.8) is 0 Å². The van der Waals surface area contributed by atoms with Crippen molar-refractivity contribution in [3.8, 4) is 5.88 Å². The maximum absolute atomic E-state index is 11.6. The lowest BCUT2D eigenvalue weighted by atomic mass is 10.5. The van der Waals surface area contributed by atoms with E-state index >= 15 is 0 Å². The lowest BCUT2D eigenvalue weighted by Crippen LogP contribution is -2.03. The zero-order valence-corrected chi connectivity index (χ0v) is 7.94. The Kier molecular flexibility index (Phi) is 3.22. The highest BCUT2D eigenvalue weighted by Crippen LogP contribution is 2.25. The fourth-order valence-electron chi connectivity index (χ4n) is 0.552. The van der Waals surface area contributed by atoms with Gasteiger partial charge >= 0.3 is 6.61 Å². The molecule has 1 aromatic rings. The Labute approximate surface area is 80.6 Å². The summed E-state index contributed by atoms with van der Waals surface area (Å²) in [5, 5.41) is 0.344. The van der Waals surface area contributed by atoms with Crippen LogP contribution in [-0.2, 0) is 0 Å². The summed E-state index contributed by atoms with van der Waals surface area (Å²) in [5.74, 6) is -0.165. The second-order valence-electron chi connectivity index (χ2n) is 1.82. The smallest absolute Gasteiger partial charge is 0.388 e. The van der Waals surface area contributed by atoms with Gasteiger partial charge in [0.05, 0.1) is 11.2 Å². The van der Waals surface area contributed by atoms with Crippen molar-refractivity contribution in [1.82, 2.24) is 4.98 Å². The topological polar surface area (TPSA) is 22.1 Å². The molecule has 2 nitrogen and oxygen atoms in total. The Bertz CT molecular complexity index is 284. The zero-order valence-electron chi connectivity index (χ0n) is 5.60. The second-order valence-corrected chi connectivity index (χ2v) is 3.08. The van der Waals surface area contributed by atoms with Crippen molar-refractivity contribution in [2.75, 3.05) is 0 Å². The van der Waals surface area contributed by atoms with Crippen molar-refractivity contribution >= 4 is 27.5 Å². The van der Waals surface area contributed by atoms with E-state index in [-0.39, 0.29) is 5.88 Å². The molecule has 0 amide bonds. The van der Waals surface area contributed by atoms with Crippen molar-refractivity contribution in [3.05, 3.63) is 21.8 Å². The van der Waals surface area contributed by atoms with Crippen LogP contribution >= 0.6 is 27.5 Å². The third-order valence-electron chi connectivity index (χ3n) is 0.993. The number of aromatic nitrogens is 1. The van der Waals surface area contributed by atoms with E-state index in [0.717, 1.165) is 0 Å². The van der Waals surface area contributed by atoms with Gasteiger partial charge in [0.1, 0.15) is 0 Å². The van der Waals surface area contributed by atoms with Gasteiger partial charge in [-0.2, -0.15) is 8.78 Å². The number of rotatable bonds is 2. The minimum atomic E-state index is -2.87. The molecule has 0 atom stereocenters. The number of hydrogen-bond donors (Lipinski definition) is 0. The monoisotopic (exact) mass is 257 g/mol. The first-order valence-electron chi connectivity index (χ1n) is 2.85. The Hall–Kier alpha value is -0.420. The third-order valence-corrected chi connectivity index (χ3v) is 2.18. The summed E-state index contributed by atoms with van der Waals surface area (Å²) in [7, 11) is 0. The number of halogens is 4. The van der Waals surface area contributed by atoms with Gasteiger partial charge in [0.2, 0.25) is 5.88 Å². The lowest BCUT2D eigenvalue weighted by Gasteiger charge is -2.03. The van der Waals surface area contributed by atoms with Gasteiger partial charge in [0.15, 0.2) is 0 Å². The molecule has 0 fully saturated rings. The van der Waals surface area contributed by atoms with Gasteiger partial charge in [-0.25, -0.2) is 4.98 Å². The van der Waals surface area contributed by atoms with Gasteiger partial charge in [0, 0.05) is 10.5 Å². The van der Waals surface area contributed by atoms with Crippen LogP contribution < -0.4 is 4.74 Å². The third kappa shape index (κ3) is 2.57. The minimum Gasteiger partial charge on any atom is -0.417 e. The van der Waals surface area contributed by atoms with Gasteiger partial charge in [-0.15, -0.1) is 0 Å². The predicted octanol–water partition coefficient (Wildman–Crippen LogP) is 3.10. The van der Waals surface area contributed by atoms with E-state index in [9.17, 15) is 8.78 Å². The highest BCUT2D eigenvalue weighted by Gasteiger charge is 2.06. The van der Waals surface area contributed by atoms with E-state index in [0.29, 0.717) is 9.50 Å². The van der Waals surface area contributed by atoms with Crippen molar-refractivity contribution in [2.24, 2.45) is 0 Å². The molecular formula is C6H3BrClF2NO. The summed E-state index contributed by atoms with van der Waals surface area (Å²) in [4.78, 5) is 3.52. The highest BCUT2D eigenvalue weighted by molar-refractivity contribution is 9.10. The summed E-state index contributed by atoms with van der Waals surface area (Å²) in [6.07, 6.45) is 1.23. The number of pyridine rings is 1. The Balaban J connectivity index is 2.82. The summed E-state index contributed by atoms with van der Waals surface area (Å²) >= 11 is 8.60. The lowest BCUT2D eigenvalue weighted by molar-refractivity contribution is -0.0528. The molecule has 0 aliphatic rings. The molecule has 0 aliphatic carbocycles. The fourth-order valence-corrected chi connectivity index (χ4v) is 0.954. The molecule has 6 heteroatoms. The molecule has 1 heterocycles. The Morgan fingerprint density at radius 2 is 2.25 bits per heavy atom. The van der Waals surface area contributed by atoms with Gasteiger partial charge in [0.25, 0.3) is 0 Å². The van der Waals surface area contributed by atoms with Crippen LogP contribution in [0.4, 0.5) is 8.78 Å². The largest absolute Gasteiger partial charge is 0.417 e. The van der Waals surface area contributed by atoms with E-state index in [1.54, 1.807) is 0 Å². The fraction of sp³-hybridized carbons (Fsp3) is 0.167. The van der Waals surface area contributed by atoms with Crippen molar-refractivity contribution in [1.29, 1.82) is 0 Å². The van der Waals surface area contributed by atoms with Gasteiger partial charge < -0.3 is 4.74 Å². The van der Waals surface area contributed by atoms with Gasteiger partial charge in [-0.05, 0) is 15.9 Å². The average Bonchev–Trinajstić information content (AvgIpc) is 1.96. The predicted molar refractivity (Wildman–Crippen MR) is 43.6 cm³/mol. The molecule has 12 heavy (non-hydrogen) atoms. The SMILES string of the molecule is FC(F)Oc1cc(Br)c(Cl)cn1. The molecule has 0 spiro atoms. The Morgan fingerprint density at radius 3 is 2.75 bits per heavy atom. The molecule has 0 aromatic carbocycles. The summed E-state index contributed by atoms with van der Waals surface area (Å²) < 4.78 is 27.8. The van der Waals surface area contributed by atoms with Crippen LogP contribution in [0.25, 0.3) is 0 Å². The Morgan fingerprint density at radius 1 is 1.58 bits per heavy atom. The van der Waals surface area contributed by atoms with E-state index in [4.69, 9.17) is 11.6 Å². The van der Waals surface area contributed by atoms with Crippen LogP contribution in [0.15, 0.2) is 16.7 Å². The molecular weight excluding hydrogens is 255 g/mol. The standard InChI is InChI=1S/C6H3BrClF2NO/c7-3-1-5(12-6(9)10)11-2-4(3)8/h1-2,6H. The summed E-state index contributed by atoms with van der Waals surface area (Å²) in [6, 6.07) is 1.27. The first kappa shape index (κ1) is 9.67. The first-order chi connectivity index (χ1) is 5.59. The van der Waals surface area contributed by atoms with E-state index in [2.05, 4.69) is 25.7 Å². The molecule has 0 radical (unpaired) electrons. The number of nitrogens with zero attached hydrogens (tertiary/aromatic N) is 1. The number of alkyl halides is 2. The van der Waals surface area contributed by atoms with Crippen LogP contribution in [0, 0.1) is 0 Å². The molecule has 66 valence electrons. The molecule has 0 aliphatic heterocycles. The van der Waals surface area contributed by atoms with Crippen LogP contribution in [0.1, 0.15) is 0 Å². The molecule has 0 unspecified atom stereocenters. The van der Waals surface area contributed by atoms with E-state index in [1.807, 2.05) is 0 Å². The molecule has 0 bridgehead atoms. The molecule has 0 N–H and O–H groups in total. The zero-order chi connectivity index (χ0) is 9.14. The molecule has 0 saturated heterocycles. The van der Waals surface area contributed by atoms with Crippen molar-refractivity contribution in [2.45, 2.75) is 6.61 Å². The van der Waals surface area contributed by atoms with Crippen LogP contribution in [-0.4, -0.2) is 11.6 Å². The number of hydrogen-bond acceptors (Lipinski definition) is 2. The maximum atomic E-state index is 11.6. The molecule has 1 aromatic heterocycles. The van der Waals surface area contributed by atoms with Gasteiger partial charge in [-0.3, -0.25) is 0 Å². The van der Waals surface area contributed by atoms with Crippen molar-refractivity contribution < 1.29 is 13.5 Å².